The second-order valence-electron chi connectivity index (χ2n) is 6.01. The maximum atomic E-state index is 12.3. The van der Waals surface area contributed by atoms with Crippen LogP contribution >= 0.6 is 11.3 Å². The van der Waals surface area contributed by atoms with Crippen LogP contribution in [0.4, 0.5) is 10.5 Å². The summed E-state index contributed by atoms with van der Waals surface area (Å²) in [5.74, 6) is -0.122. The summed E-state index contributed by atoms with van der Waals surface area (Å²) in [6, 6.07) is 15.0. The lowest BCUT2D eigenvalue weighted by atomic mass is 10.2. The zero-order valence-corrected chi connectivity index (χ0v) is 14.9. The summed E-state index contributed by atoms with van der Waals surface area (Å²) in [5.41, 5.74) is 2.38. The molecular formula is C19H18N4O2S. The number of nitrogens with one attached hydrogen (secondary N) is 2. The van der Waals surface area contributed by atoms with Gasteiger partial charge in [-0.05, 0) is 36.4 Å². The Bertz CT molecular complexity index is 919. The number of amides is 3. The summed E-state index contributed by atoms with van der Waals surface area (Å²) in [4.78, 5) is 30.2. The number of anilines is 1. The van der Waals surface area contributed by atoms with Crippen LogP contribution in [-0.4, -0.2) is 36.6 Å². The average molecular weight is 366 g/mol. The molecule has 2 aromatic carbocycles. The van der Waals surface area contributed by atoms with E-state index in [9.17, 15) is 9.59 Å². The number of hydrogen-bond acceptors (Lipinski definition) is 4. The van der Waals surface area contributed by atoms with Gasteiger partial charge in [0, 0.05) is 37.3 Å². The van der Waals surface area contributed by atoms with Gasteiger partial charge < -0.3 is 10.6 Å². The molecule has 0 saturated carbocycles. The van der Waals surface area contributed by atoms with E-state index in [-0.39, 0.29) is 11.9 Å². The molecule has 4 rings (SSSR count). The van der Waals surface area contributed by atoms with E-state index in [1.807, 2.05) is 18.2 Å². The number of hydrogen-bond donors (Lipinski definition) is 2. The van der Waals surface area contributed by atoms with Crippen LogP contribution in [0.2, 0.25) is 0 Å². The molecule has 3 aromatic rings. The molecule has 0 aliphatic carbocycles. The standard InChI is InChI=1S/C19H18N4O2S/c24-18(13-5-7-14(8-6-13)23-12-11-21-19(23)25)20-10-9-17-22-15-3-1-2-4-16(15)26-17/h1-8H,9-12H2,(H,20,24)(H,21,25). The summed E-state index contributed by atoms with van der Waals surface area (Å²) in [5, 5.41) is 6.70. The largest absolute Gasteiger partial charge is 0.352 e. The van der Waals surface area contributed by atoms with E-state index in [1.165, 1.54) is 0 Å². The van der Waals surface area contributed by atoms with E-state index in [0.717, 1.165) is 20.9 Å². The lowest BCUT2D eigenvalue weighted by Gasteiger charge is -2.14. The van der Waals surface area contributed by atoms with Crippen LogP contribution in [0, 0.1) is 0 Å². The molecule has 2 heterocycles. The maximum Gasteiger partial charge on any atom is 0.321 e. The zero-order valence-electron chi connectivity index (χ0n) is 14.1. The van der Waals surface area contributed by atoms with Crippen LogP contribution in [0.1, 0.15) is 15.4 Å². The quantitative estimate of drug-likeness (QED) is 0.729. The number of carbonyl (C=O) groups is 2. The smallest absolute Gasteiger partial charge is 0.321 e. The molecule has 1 saturated heterocycles. The molecule has 0 unspecified atom stereocenters. The predicted octanol–water partition coefficient (Wildman–Crippen LogP) is 2.80. The molecule has 0 bridgehead atoms. The first-order chi connectivity index (χ1) is 12.7. The molecule has 0 spiro atoms. The second kappa shape index (κ2) is 7.13. The highest BCUT2D eigenvalue weighted by molar-refractivity contribution is 7.18. The first kappa shape index (κ1) is 16.5. The van der Waals surface area contributed by atoms with Gasteiger partial charge in [0.05, 0.1) is 15.2 Å². The summed E-state index contributed by atoms with van der Waals surface area (Å²) < 4.78 is 1.16. The van der Waals surface area contributed by atoms with Crippen molar-refractivity contribution in [2.45, 2.75) is 6.42 Å². The van der Waals surface area contributed by atoms with Crippen molar-refractivity contribution >= 4 is 39.2 Å². The first-order valence-electron chi connectivity index (χ1n) is 8.49. The maximum absolute atomic E-state index is 12.3. The molecule has 6 nitrogen and oxygen atoms in total. The van der Waals surface area contributed by atoms with E-state index in [0.29, 0.717) is 31.6 Å². The third-order valence-electron chi connectivity index (χ3n) is 4.26. The van der Waals surface area contributed by atoms with Gasteiger partial charge >= 0.3 is 6.03 Å². The van der Waals surface area contributed by atoms with Crippen molar-refractivity contribution in [3.63, 3.8) is 0 Å². The monoisotopic (exact) mass is 366 g/mol. The fourth-order valence-corrected chi connectivity index (χ4v) is 3.89. The van der Waals surface area contributed by atoms with Crippen molar-refractivity contribution in [1.29, 1.82) is 0 Å². The van der Waals surface area contributed by atoms with Gasteiger partial charge in [0.25, 0.3) is 5.91 Å². The Labute approximate surface area is 154 Å². The van der Waals surface area contributed by atoms with Crippen molar-refractivity contribution in [2.75, 3.05) is 24.5 Å². The lowest BCUT2D eigenvalue weighted by Crippen LogP contribution is -2.28. The molecular weight excluding hydrogens is 348 g/mol. The molecule has 3 amide bonds. The van der Waals surface area contributed by atoms with E-state index >= 15 is 0 Å². The van der Waals surface area contributed by atoms with Gasteiger partial charge in [-0.1, -0.05) is 12.1 Å². The Morgan fingerprint density at radius 1 is 1.19 bits per heavy atom. The average Bonchev–Trinajstić information content (AvgIpc) is 3.27. The van der Waals surface area contributed by atoms with Gasteiger partial charge in [-0.2, -0.15) is 0 Å². The van der Waals surface area contributed by atoms with Crippen molar-refractivity contribution in [1.82, 2.24) is 15.6 Å². The molecule has 26 heavy (non-hydrogen) atoms. The number of thiazole rings is 1. The normalized spacial score (nSPS) is 13.8. The summed E-state index contributed by atoms with van der Waals surface area (Å²) in [6.07, 6.45) is 0.705. The van der Waals surface area contributed by atoms with Crippen LogP contribution < -0.4 is 15.5 Å². The summed E-state index contributed by atoms with van der Waals surface area (Å²) in [6.45, 7) is 1.83. The molecule has 0 atom stereocenters. The summed E-state index contributed by atoms with van der Waals surface area (Å²) >= 11 is 1.66. The van der Waals surface area contributed by atoms with Gasteiger partial charge in [-0.15, -0.1) is 11.3 Å². The van der Waals surface area contributed by atoms with E-state index in [2.05, 4.69) is 21.7 Å². The Balaban J connectivity index is 1.33. The number of para-hydroxylation sites is 1. The van der Waals surface area contributed by atoms with Gasteiger partial charge in [0.2, 0.25) is 0 Å². The third-order valence-corrected chi connectivity index (χ3v) is 5.36. The minimum absolute atomic E-state index is 0.0990. The SMILES string of the molecule is O=C(NCCc1nc2ccccc2s1)c1ccc(N2CCNC2=O)cc1. The lowest BCUT2D eigenvalue weighted by molar-refractivity contribution is 0.0954. The van der Waals surface area contributed by atoms with Gasteiger partial charge in [-0.25, -0.2) is 9.78 Å². The van der Waals surface area contributed by atoms with E-state index in [4.69, 9.17) is 0 Å². The Morgan fingerprint density at radius 2 is 2.00 bits per heavy atom. The van der Waals surface area contributed by atoms with Crippen molar-refractivity contribution in [3.05, 3.63) is 59.1 Å². The minimum atomic E-state index is -0.122. The highest BCUT2D eigenvalue weighted by Crippen LogP contribution is 2.21. The number of urea groups is 1. The van der Waals surface area contributed by atoms with Gasteiger partial charge in [-0.3, -0.25) is 9.69 Å². The van der Waals surface area contributed by atoms with Crippen LogP contribution in [0.5, 0.6) is 0 Å². The van der Waals surface area contributed by atoms with Crippen LogP contribution in [0.3, 0.4) is 0 Å². The molecule has 1 fully saturated rings. The van der Waals surface area contributed by atoms with Crippen molar-refractivity contribution in [3.8, 4) is 0 Å². The number of nitrogens with zero attached hydrogens (tertiary/aromatic N) is 2. The number of aromatic nitrogens is 1. The number of rotatable bonds is 5. The molecule has 7 heteroatoms. The molecule has 132 valence electrons. The molecule has 1 aromatic heterocycles. The molecule has 1 aliphatic heterocycles. The fourth-order valence-electron chi connectivity index (χ4n) is 2.92. The number of carbonyl (C=O) groups excluding carboxylic acids is 2. The third kappa shape index (κ3) is 3.39. The Kier molecular flexibility index (Phi) is 4.53. The van der Waals surface area contributed by atoms with Crippen LogP contribution in [0.25, 0.3) is 10.2 Å². The Hall–Kier alpha value is -2.93. The van der Waals surface area contributed by atoms with Gasteiger partial charge in [0.15, 0.2) is 0 Å². The minimum Gasteiger partial charge on any atom is -0.352 e. The number of benzene rings is 2. The Morgan fingerprint density at radius 3 is 2.73 bits per heavy atom. The highest BCUT2D eigenvalue weighted by Gasteiger charge is 2.21. The van der Waals surface area contributed by atoms with Crippen LogP contribution in [0.15, 0.2) is 48.5 Å². The zero-order chi connectivity index (χ0) is 17.9. The molecule has 2 N–H and O–H groups in total. The topological polar surface area (TPSA) is 74.3 Å². The molecule has 1 aliphatic rings. The summed E-state index contributed by atoms with van der Waals surface area (Å²) in [7, 11) is 0. The van der Waals surface area contributed by atoms with E-state index in [1.54, 1.807) is 40.5 Å². The van der Waals surface area contributed by atoms with Crippen LogP contribution in [-0.2, 0) is 6.42 Å². The predicted molar refractivity (Wildman–Crippen MR) is 103 cm³/mol. The van der Waals surface area contributed by atoms with Crippen molar-refractivity contribution in [2.24, 2.45) is 0 Å². The molecule has 0 radical (unpaired) electrons. The first-order valence-corrected chi connectivity index (χ1v) is 9.30. The van der Waals surface area contributed by atoms with Gasteiger partial charge in [0.1, 0.15) is 0 Å². The fraction of sp³-hybridized carbons (Fsp3) is 0.211. The second-order valence-corrected chi connectivity index (χ2v) is 7.13. The number of fused-ring (bicyclic) bond motifs is 1. The van der Waals surface area contributed by atoms with E-state index < -0.39 is 0 Å². The van der Waals surface area contributed by atoms with Crippen molar-refractivity contribution < 1.29 is 9.59 Å². The highest BCUT2D eigenvalue weighted by atomic mass is 32.1.